The second-order valence-corrected chi connectivity index (χ2v) is 4.44. The molecule has 1 amide bonds. The van der Waals surface area contributed by atoms with Crippen LogP contribution in [0.2, 0.25) is 0 Å². The Bertz CT molecular complexity index is 405. The van der Waals surface area contributed by atoms with Gasteiger partial charge in [0.25, 0.3) is 5.91 Å². The standard InChI is InChI=1S/C10H15N5O/c1-2-7-12-9(15-14-7)10(16)13-8-5-3-11-4-6(5)8/h5-6,8,11H,2-4H2,1H3,(H,13,16)(H,12,14,15). The molecular formula is C10H15N5O. The number of aryl methyl sites for hydroxylation is 1. The number of amides is 1. The van der Waals surface area contributed by atoms with E-state index in [1.165, 1.54) is 0 Å². The van der Waals surface area contributed by atoms with Crippen LogP contribution in [-0.4, -0.2) is 40.2 Å². The Morgan fingerprint density at radius 1 is 1.50 bits per heavy atom. The Morgan fingerprint density at radius 3 is 2.88 bits per heavy atom. The van der Waals surface area contributed by atoms with E-state index in [-0.39, 0.29) is 11.7 Å². The summed E-state index contributed by atoms with van der Waals surface area (Å²) in [5, 5.41) is 12.9. The number of piperidine rings is 1. The summed E-state index contributed by atoms with van der Waals surface area (Å²) in [5.41, 5.74) is 0. The predicted octanol–water partition coefficient (Wildman–Crippen LogP) is -0.685. The topological polar surface area (TPSA) is 82.7 Å². The van der Waals surface area contributed by atoms with Crippen molar-refractivity contribution in [1.82, 2.24) is 25.8 Å². The van der Waals surface area contributed by atoms with Crippen molar-refractivity contribution in [1.29, 1.82) is 0 Å². The molecule has 0 aromatic carbocycles. The van der Waals surface area contributed by atoms with Crippen molar-refractivity contribution in [2.24, 2.45) is 11.8 Å². The first-order valence-electron chi connectivity index (χ1n) is 5.72. The number of rotatable bonds is 3. The first-order chi connectivity index (χ1) is 7.79. The van der Waals surface area contributed by atoms with E-state index in [0.29, 0.717) is 17.9 Å². The molecule has 2 aliphatic rings. The fraction of sp³-hybridized carbons (Fsp3) is 0.700. The highest BCUT2D eigenvalue weighted by molar-refractivity contribution is 5.90. The molecule has 86 valence electrons. The molecule has 1 saturated heterocycles. The van der Waals surface area contributed by atoms with Crippen molar-refractivity contribution in [3.05, 3.63) is 11.6 Å². The predicted molar refractivity (Wildman–Crippen MR) is 56.9 cm³/mol. The van der Waals surface area contributed by atoms with Crippen molar-refractivity contribution in [2.45, 2.75) is 19.4 Å². The number of carbonyl (C=O) groups excluding carboxylic acids is 1. The Balaban J connectivity index is 1.61. The van der Waals surface area contributed by atoms with Gasteiger partial charge in [0.05, 0.1) is 0 Å². The van der Waals surface area contributed by atoms with E-state index in [9.17, 15) is 4.79 Å². The summed E-state index contributed by atoms with van der Waals surface area (Å²) in [7, 11) is 0. The van der Waals surface area contributed by atoms with Gasteiger partial charge in [0.1, 0.15) is 5.82 Å². The Morgan fingerprint density at radius 2 is 2.25 bits per heavy atom. The van der Waals surface area contributed by atoms with Gasteiger partial charge in [-0.3, -0.25) is 9.89 Å². The Hall–Kier alpha value is -1.43. The van der Waals surface area contributed by atoms with Crippen LogP contribution in [-0.2, 0) is 6.42 Å². The summed E-state index contributed by atoms with van der Waals surface area (Å²) in [5.74, 6) is 2.09. The minimum absolute atomic E-state index is 0.157. The zero-order valence-corrected chi connectivity index (χ0v) is 9.16. The highest BCUT2D eigenvalue weighted by Gasteiger charge is 2.53. The van der Waals surface area contributed by atoms with Crippen molar-refractivity contribution >= 4 is 5.91 Å². The molecule has 1 saturated carbocycles. The summed E-state index contributed by atoms with van der Waals surface area (Å²) < 4.78 is 0. The summed E-state index contributed by atoms with van der Waals surface area (Å²) in [6.45, 7) is 4.01. The van der Waals surface area contributed by atoms with Gasteiger partial charge in [0.15, 0.2) is 0 Å². The van der Waals surface area contributed by atoms with Crippen LogP contribution in [0.3, 0.4) is 0 Å². The number of nitrogens with one attached hydrogen (secondary N) is 3. The number of nitrogens with zero attached hydrogens (tertiary/aromatic N) is 2. The Kier molecular flexibility index (Phi) is 2.17. The van der Waals surface area contributed by atoms with Crippen LogP contribution in [0, 0.1) is 11.8 Å². The van der Waals surface area contributed by atoms with Gasteiger partial charge in [-0.15, -0.1) is 5.10 Å². The fourth-order valence-corrected chi connectivity index (χ4v) is 2.40. The van der Waals surface area contributed by atoms with Gasteiger partial charge in [-0.25, -0.2) is 4.98 Å². The van der Waals surface area contributed by atoms with Gasteiger partial charge in [-0.2, -0.15) is 0 Å². The van der Waals surface area contributed by atoms with Gasteiger partial charge >= 0.3 is 0 Å². The smallest absolute Gasteiger partial charge is 0.291 e. The molecule has 6 nitrogen and oxygen atoms in total. The van der Waals surface area contributed by atoms with Gasteiger partial charge in [-0.05, 0) is 11.8 Å². The number of aromatic nitrogens is 3. The summed E-state index contributed by atoms with van der Waals surface area (Å²) in [6.07, 6.45) is 0.763. The molecule has 16 heavy (non-hydrogen) atoms. The van der Waals surface area contributed by atoms with Crippen molar-refractivity contribution < 1.29 is 4.79 Å². The molecule has 2 fully saturated rings. The Labute approximate surface area is 93.2 Å². The second-order valence-electron chi connectivity index (χ2n) is 4.44. The molecule has 2 unspecified atom stereocenters. The molecule has 2 heterocycles. The first-order valence-corrected chi connectivity index (χ1v) is 5.72. The fourth-order valence-electron chi connectivity index (χ4n) is 2.40. The lowest BCUT2D eigenvalue weighted by atomic mass is 10.4. The molecule has 6 heteroatoms. The molecular weight excluding hydrogens is 206 g/mol. The summed E-state index contributed by atoms with van der Waals surface area (Å²) in [4.78, 5) is 15.9. The van der Waals surface area contributed by atoms with Crippen molar-refractivity contribution in [2.75, 3.05) is 13.1 Å². The third-order valence-corrected chi connectivity index (χ3v) is 3.46. The average molecular weight is 221 g/mol. The minimum Gasteiger partial charge on any atom is -0.346 e. The van der Waals surface area contributed by atoms with Crippen LogP contribution in [0.5, 0.6) is 0 Å². The maximum absolute atomic E-state index is 11.8. The molecule has 2 atom stereocenters. The molecule has 0 spiro atoms. The number of carbonyl (C=O) groups is 1. The highest BCUT2D eigenvalue weighted by Crippen LogP contribution is 2.41. The number of H-pyrrole nitrogens is 1. The number of fused-ring (bicyclic) bond motifs is 1. The molecule has 0 bridgehead atoms. The van der Waals surface area contributed by atoms with Crippen LogP contribution >= 0.6 is 0 Å². The first kappa shape index (κ1) is 9.77. The van der Waals surface area contributed by atoms with Crippen molar-refractivity contribution in [3.8, 4) is 0 Å². The number of hydrogen-bond donors (Lipinski definition) is 3. The van der Waals surface area contributed by atoms with E-state index >= 15 is 0 Å². The van der Waals surface area contributed by atoms with E-state index < -0.39 is 0 Å². The van der Waals surface area contributed by atoms with Gasteiger partial charge in [-0.1, -0.05) is 6.92 Å². The van der Waals surface area contributed by atoms with E-state index in [1.807, 2.05) is 6.92 Å². The van der Waals surface area contributed by atoms with E-state index in [1.54, 1.807) is 0 Å². The lowest BCUT2D eigenvalue weighted by Gasteiger charge is -2.04. The van der Waals surface area contributed by atoms with Crippen LogP contribution in [0.25, 0.3) is 0 Å². The molecule has 1 aromatic heterocycles. The maximum Gasteiger partial charge on any atom is 0.291 e. The van der Waals surface area contributed by atoms with Gasteiger partial charge in [0, 0.05) is 25.6 Å². The lowest BCUT2D eigenvalue weighted by Crippen LogP contribution is -2.33. The largest absolute Gasteiger partial charge is 0.346 e. The maximum atomic E-state index is 11.8. The van der Waals surface area contributed by atoms with Crippen LogP contribution in [0.1, 0.15) is 23.4 Å². The molecule has 3 rings (SSSR count). The van der Waals surface area contributed by atoms with E-state index in [2.05, 4.69) is 25.8 Å². The van der Waals surface area contributed by atoms with Crippen LogP contribution in [0.4, 0.5) is 0 Å². The average Bonchev–Trinajstić information content (AvgIpc) is 2.81. The highest BCUT2D eigenvalue weighted by atomic mass is 16.2. The second kappa shape index (κ2) is 3.55. The van der Waals surface area contributed by atoms with Crippen molar-refractivity contribution in [3.63, 3.8) is 0 Å². The van der Waals surface area contributed by atoms with Gasteiger partial charge < -0.3 is 10.6 Å². The minimum atomic E-state index is -0.157. The molecule has 1 aromatic rings. The van der Waals surface area contributed by atoms with E-state index in [0.717, 1.165) is 25.3 Å². The zero-order chi connectivity index (χ0) is 11.1. The van der Waals surface area contributed by atoms with Gasteiger partial charge in [0.2, 0.25) is 5.82 Å². The number of hydrogen-bond acceptors (Lipinski definition) is 4. The third kappa shape index (κ3) is 1.49. The summed E-state index contributed by atoms with van der Waals surface area (Å²) >= 11 is 0. The molecule has 3 N–H and O–H groups in total. The quantitative estimate of drug-likeness (QED) is 0.631. The van der Waals surface area contributed by atoms with Crippen LogP contribution in [0.15, 0.2) is 0 Å². The summed E-state index contributed by atoms with van der Waals surface area (Å²) in [6, 6.07) is 0.331. The molecule has 1 aliphatic heterocycles. The normalized spacial score (nSPS) is 31.2. The zero-order valence-electron chi connectivity index (χ0n) is 9.16. The third-order valence-electron chi connectivity index (χ3n) is 3.46. The van der Waals surface area contributed by atoms with Crippen LogP contribution < -0.4 is 10.6 Å². The SMILES string of the molecule is CCc1nc(C(=O)NC2C3CNCC32)n[nH]1. The lowest BCUT2D eigenvalue weighted by molar-refractivity contribution is 0.0936. The molecule has 0 radical (unpaired) electrons. The molecule has 1 aliphatic carbocycles. The number of aromatic amines is 1. The van der Waals surface area contributed by atoms with E-state index in [4.69, 9.17) is 0 Å². The monoisotopic (exact) mass is 221 g/mol.